The van der Waals surface area contributed by atoms with Crippen molar-refractivity contribution in [1.29, 1.82) is 0 Å². The molecule has 23 heavy (non-hydrogen) atoms. The summed E-state index contributed by atoms with van der Waals surface area (Å²) < 4.78 is 0. The van der Waals surface area contributed by atoms with E-state index in [-0.39, 0.29) is 23.3 Å². The molecular weight excluding hydrogens is 286 g/mol. The number of carbonyl (C=O) groups excluding carboxylic acids is 1. The van der Waals surface area contributed by atoms with Gasteiger partial charge in [-0.2, -0.15) is 0 Å². The van der Waals surface area contributed by atoms with E-state index < -0.39 is 0 Å². The van der Waals surface area contributed by atoms with Crippen LogP contribution in [0.3, 0.4) is 0 Å². The number of rotatable bonds is 2. The van der Waals surface area contributed by atoms with E-state index in [4.69, 9.17) is 0 Å². The van der Waals surface area contributed by atoms with Gasteiger partial charge in [-0.3, -0.25) is 4.79 Å². The summed E-state index contributed by atoms with van der Waals surface area (Å²) >= 11 is 0. The first-order valence-corrected chi connectivity index (χ1v) is 8.94. The van der Waals surface area contributed by atoms with Crippen LogP contribution in [0.25, 0.3) is 0 Å². The van der Waals surface area contributed by atoms with E-state index in [1.54, 1.807) is 0 Å². The summed E-state index contributed by atoms with van der Waals surface area (Å²) in [5, 5.41) is 13.5. The monoisotopic (exact) mass is 315 g/mol. The van der Waals surface area contributed by atoms with Gasteiger partial charge in [-0.15, -0.1) is 0 Å². The molecule has 126 valence electrons. The van der Waals surface area contributed by atoms with Crippen molar-refractivity contribution in [3.63, 3.8) is 0 Å². The van der Waals surface area contributed by atoms with Crippen LogP contribution in [0.4, 0.5) is 5.69 Å². The third-order valence-corrected chi connectivity index (χ3v) is 5.65. The Morgan fingerprint density at radius 2 is 1.74 bits per heavy atom. The molecular formula is C20H29NO2. The molecule has 3 heteroatoms. The highest BCUT2D eigenvalue weighted by Crippen LogP contribution is 2.43. The summed E-state index contributed by atoms with van der Waals surface area (Å²) in [5.74, 6) is 0.805. The van der Waals surface area contributed by atoms with E-state index in [1.807, 2.05) is 18.2 Å². The highest BCUT2D eigenvalue weighted by molar-refractivity contribution is 5.93. The Kier molecular flexibility index (Phi) is 4.50. The molecule has 0 radical (unpaired) electrons. The van der Waals surface area contributed by atoms with Crippen molar-refractivity contribution in [3.8, 4) is 0 Å². The molecule has 2 atom stereocenters. The molecule has 2 bridgehead atoms. The fourth-order valence-corrected chi connectivity index (χ4v) is 4.41. The Hall–Kier alpha value is -1.35. The molecule has 2 N–H and O–H groups in total. The molecule has 1 aromatic rings. The first-order chi connectivity index (χ1) is 10.9. The summed E-state index contributed by atoms with van der Waals surface area (Å²) in [6.45, 7) is 6.50. The number of amides is 1. The van der Waals surface area contributed by atoms with Gasteiger partial charge in [-0.05, 0) is 54.6 Å². The van der Waals surface area contributed by atoms with Crippen LogP contribution in [0.2, 0.25) is 0 Å². The number of para-hydroxylation sites is 1. The quantitative estimate of drug-likeness (QED) is 0.863. The number of fused-ring (bicyclic) bond motifs is 2. The van der Waals surface area contributed by atoms with Gasteiger partial charge in [0.05, 0.1) is 6.10 Å². The van der Waals surface area contributed by atoms with Crippen LogP contribution >= 0.6 is 0 Å². The van der Waals surface area contributed by atoms with Crippen molar-refractivity contribution < 1.29 is 9.90 Å². The standard InChI is InChI=1S/C20H29NO2/c1-20(2,3)16-9-4-5-10-17(16)21-19(23)15-11-13-7-6-8-14(12-15)18(13)22/h4-5,9-10,13-15,18,22H,6-8,11-12H2,1-3H3,(H,21,23). The number of hydrogen-bond acceptors (Lipinski definition) is 2. The smallest absolute Gasteiger partial charge is 0.227 e. The van der Waals surface area contributed by atoms with Gasteiger partial charge in [-0.1, -0.05) is 45.4 Å². The van der Waals surface area contributed by atoms with E-state index in [2.05, 4.69) is 32.2 Å². The molecule has 0 aliphatic heterocycles. The van der Waals surface area contributed by atoms with Gasteiger partial charge in [0.2, 0.25) is 5.91 Å². The van der Waals surface area contributed by atoms with Gasteiger partial charge in [0.15, 0.2) is 0 Å². The molecule has 1 aromatic carbocycles. The average Bonchev–Trinajstić information content (AvgIpc) is 2.46. The van der Waals surface area contributed by atoms with Crippen molar-refractivity contribution in [2.75, 3.05) is 5.32 Å². The van der Waals surface area contributed by atoms with Gasteiger partial charge in [-0.25, -0.2) is 0 Å². The van der Waals surface area contributed by atoms with Gasteiger partial charge < -0.3 is 10.4 Å². The number of carbonyl (C=O) groups is 1. The lowest BCUT2D eigenvalue weighted by Gasteiger charge is -2.42. The van der Waals surface area contributed by atoms with Crippen LogP contribution in [0.5, 0.6) is 0 Å². The first-order valence-electron chi connectivity index (χ1n) is 8.94. The fourth-order valence-electron chi connectivity index (χ4n) is 4.41. The van der Waals surface area contributed by atoms with Crippen LogP contribution in [0, 0.1) is 17.8 Å². The second-order valence-electron chi connectivity index (χ2n) is 8.39. The van der Waals surface area contributed by atoms with Gasteiger partial charge in [0, 0.05) is 11.6 Å². The molecule has 2 aliphatic rings. The largest absolute Gasteiger partial charge is 0.393 e. The third-order valence-electron chi connectivity index (χ3n) is 5.65. The molecule has 0 heterocycles. The SMILES string of the molecule is CC(C)(C)c1ccccc1NC(=O)C1CC2CCCC(C1)C2O. The van der Waals surface area contributed by atoms with Gasteiger partial charge in [0.25, 0.3) is 0 Å². The fraction of sp³-hybridized carbons (Fsp3) is 0.650. The first kappa shape index (κ1) is 16.5. The number of anilines is 1. The Balaban J connectivity index is 1.73. The zero-order valence-electron chi connectivity index (χ0n) is 14.5. The molecule has 0 saturated heterocycles. The molecule has 0 spiro atoms. The van der Waals surface area contributed by atoms with Crippen molar-refractivity contribution in [2.45, 2.75) is 64.4 Å². The second kappa shape index (κ2) is 6.27. The number of hydrogen-bond donors (Lipinski definition) is 2. The number of nitrogens with one attached hydrogen (secondary N) is 1. The summed E-state index contributed by atoms with van der Waals surface area (Å²) in [5.41, 5.74) is 2.11. The molecule has 1 amide bonds. The molecule has 0 aromatic heterocycles. The lowest BCUT2D eigenvalue weighted by atomic mass is 9.66. The van der Waals surface area contributed by atoms with Crippen LogP contribution in [0.1, 0.15) is 58.4 Å². The van der Waals surface area contributed by atoms with Crippen LogP contribution in [0.15, 0.2) is 24.3 Å². The molecule has 3 rings (SSSR count). The van der Waals surface area contributed by atoms with Crippen LogP contribution in [-0.2, 0) is 10.2 Å². The predicted octanol–water partition coefficient (Wildman–Crippen LogP) is 4.11. The molecule has 2 unspecified atom stereocenters. The minimum Gasteiger partial charge on any atom is -0.393 e. The summed E-state index contributed by atoms with van der Waals surface area (Å²) in [6, 6.07) is 8.09. The van der Waals surface area contributed by atoms with Crippen molar-refractivity contribution in [2.24, 2.45) is 17.8 Å². The summed E-state index contributed by atoms with van der Waals surface area (Å²) in [6.07, 6.45) is 4.82. The Bertz CT molecular complexity index is 561. The maximum Gasteiger partial charge on any atom is 0.227 e. The van der Waals surface area contributed by atoms with Gasteiger partial charge >= 0.3 is 0 Å². The van der Waals surface area contributed by atoms with E-state index in [1.165, 1.54) is 12.0 Å². The molecule has 2 aliphatic carbocycles. The van der Waals surface area contributed by atoms with Gasteiger partial charge in [0.1, 0.15) is 0 Å². The third kappa shape index (κ3) is 3.45. The van der Waals surface area contributed by atoms with Crippen molar-refractivity contribution >= 4 is 11.6 Å². The van der Waals surface area contributed by atoms with Crippen LogP contribution in [-0.4, -0.2) is 17.1 Å². The molecule has 2 saturated carbocycles. The zero-order chi connectivity index (χ0) is 16.6. The maximum absolute atomic E-state index is 12.8. The number of aliphatic hydroxyl groups excluding tert-OH is 1. The Labute approximate surface area is 139 Å². The maximum atomic E-state index is 12.8. The Morgan fingerprint density at radius 1 is 1.13 bits per heavy atom. The normalized spacial score (nSPS) is 30.8. The van der Waals surface area contributed by atoms with E-state index in [0.29, 0.717) is 11.8 Å². The minimum atomic E-state index is -0.185. The average molecular weight is 315 g/mol. The zero-order valence-corrected chi connectivity index (χ0v) is 14.5. The topological polar surface area (TPSA) is 49.3 Å². The predicted molar refractivity (Wildman–Crippen MR) is 93.3 cm³/mol. The molecule has 3 nitrogen and oxygen atoms in total. The van der Waals surface area contributed by atoms with Crippen molar-refractivity contribution in [1.82, 2.24) is 0 Å². The Morgan fingerprint density at radius 3 is 2.35 bits per heavy atom. The second-order valence-corrected chi connectivity index (χ2v) is 8.39. The summed E-state index contributed by atoms with van der Waals surface area (Å²) in [7, 11) is 0. The highest BCUT2D eigenvalue weighted by atomic mass is 16.3. The lowest BCUT2D eigenvalue weighted by molar-refractivity contribution is -0.125. The van der Waals surface area contributed by atoms with Crippen molar-refractivity contribution in [3.05, 3.63) is 29.8 Å². The van der Waals surface area contributed by atoms with E-state index >= 15 is 0 Å². The minimum absolute atomic E-state index is 0.00312. The highest BCUT2D eigenvalue weighted by Gasteiger charge is 2.41. The number of aliphatic hydroxyl groups is 1. The van der Waals surface area contributed by atoms with E-state index in [0.717, 1.165) is 31.4 Å². The van der Waals surface area contributed by atoms with Crippen LogP contribution < -0.4 is 5.32 Å². The number of benzene rings is 1. The molecule has 2 fully saturated rings. The van der Waals surface area contributed by atoms with E-state index in [9.17, 15) is 9.90 Å². The summed E-state index contributed by atoms with van der Waals surface area (Å²) in [4.78, 5) is 12.8. The lowest BCUT2D eigenvalue weighted by Crippen LogP contribution is -2.43.